The number of hydrogen-bond donors (Lipinski definition) is 1. The maximum atomic E-state index is 12.2. The van der Waals surface area contributed by atoms with Crippen molar-refractivity contribution in [3.63, 3.8) is 0 Å². The Hall–Kier alpha value is -1.79. The second-order valence-corrected chi connectivity index (χ2v) is 5.15. The zero-order chi connectivity index (χ0) is 15.2. The summed E-state index contributed by atoms with van der Waals surface area (Å²) in [6.45, 7) is 3.70. The van der Waals surface area contributed by atoms with Gasteiger partial charge in [-0.25, -0.2) is 0 Å². The van der Waals surface area contributed by atoms with Crippen LogP contribution in [0.2, 0.25) is 0 Å². The van der Waals surface area contributed by atoms with Crippen LogP contribution in [0.3, 0.4) is 0 Å². The Balaban J connectivity index is 1.94. The van der Waals surface area contributed by atoms with Crippen molar-refractivity contribution in [1.82, 2.24) is 9.80 Å². The van der Waals surface area contributed by atoms with E-state index >= 15 is 0 Å². The number of hydrogen-bond acceptors (Lipinski definition) is 5. The zero-order valence-corrected chi connectivity index (χ0v) is 12.7. The quantitative estimate of drug-likeness (QED) is 0.846. The average Bonchev–Trinajstić information content (AvgIpc) is 2.52. The maximum absolute atomic E-state index is 12.2. The van der Waals surface area contributed by atoms with Crippen molar-refractivity contribution < 1.29 is 14.3 Å². The van der Waals surface area contributed by atoms with E-state index in [1.165, 1.54) is 0 Å². The van der Waals surface area contributed by atoms with Crippen LogP contribution in [0.5, 0.6) is 11.5 Å². The van der Waals surface area contributed by atoms with Crippen molar-refractivity contribution in [2.24, 2.45) is 5.73 Å². The second-order valence-electron chi connectivity index (χ2n) is 5.15. The molecule has 1 saturated heterocycles. The average molecular weight is 293 g/mol. The van der Waals surface area contributed by atoms with Gasteiger partial charge in [-0.1, -0.05) is 6.07 Å². The topological polar surface area (TPSA) is 68.0 Å². The fourth-order valence-corrected chi connectivity index (χ4v) is 2.25. The molecule has 0 bridgehead atoms. The van der Waals surface area contributed by atoms with E-state index in [1.54, 1.807) is 13.2 Å². The highest BCUT2D eigenvalue weighted by molar-refractivity contribution is 5.78. The molecule has 0 spiro atoms. The van der Waals surface area contributed by atoms with E-state index in [1.807, 2.05) is 17.0 Å². The minimum atomic E-state index is 0.00823. The Kier molecular flexibility index (Phi) is 5.41. The number of carbonyl (C=O) groups excluding carboxylic acids is 1. The smallest absolute Gasteiger partial charge is 0.260 e. The molecule has 6 nitrogen and oxygen atoms in total. The lowest BCUT2D eigenvalue weighted by molar-refractivity contribution is -0.134. The summed E-state index contributed by atoms with van der Waals surface area (Å²) in [5.74, 6) is 1.31. The number of rotatable bonds is 5. The van der Waals surface area contributed by atoms with Crippen LogP contribution < -0.4 is 15.2 Å². The molecular weight excluding hydrogens is 270 g/mol. The van der Waals surface area contributed by atoms with Crippen LogP contribution in [0.25, 0.3) is 0 Å². The third kappa shape index (κ3) is 4.09. The highest BCUT2D eigenvalue weighted by Gasteiger charge is 2.19. The summed E-state index contributed by atoms with van der Waals surface area (Å²) in [7, 11) is 3.65. The van der Waals surface area contributed by atoms with Gasteiger partial charge in [0.15, 0.2) is 6.61 Å². The number of piperazine rings is 1. The normalized spacial score (nSPS) is 15.9. The minimum Gasteiger partial charge on any atom is -0.497 e. The van der Waals surface area contributed by atoms with Crippen molar-refractivity contribution in [2.45, 2.75) is 6.54 Å². The van der Waals surface area contributed by atoms with Crippen LogP contribution in [0.15, 0.2) is 18.2 Å². The van der Waals surface area contributed by atoms with Crippen LogP contribution in [0.1, 0.15) is 5.56 Å². The minimum absolute atomic E-state index is 0.00823. The number of amides is 1. The molecule has 2 rings (SSSR count). The molecule has 1 aliphatic rings. The summed E-state index contributed by atoms with van der Waals surface area (Å²) < 4.78 is 10.8. The van der Waals surface area contributed by atoms with Crippen molar-refractivity contribution in [1.29, 1.82) is 0 Å². The molecule has 1 amide bonds. The van der Waals surface area contributed by atoms with Gasteiger partial charge in [0.2, 0.25) is 0 Å². The first-order chi connectivity index (χ1) is 10.1. The fraction of sp³-hybridized carbons (Fsp3) is 0.533. The number of nitrogens with two attached hydrogens (primary N) is 1. The molecule has 21 heavy (non-hydrogen) atoms. The molecule has 1 aromatic rings. The molecule has 6 heteroatoms. The van der Waals surface area contributed by atoms with Crippen molar-refractivity contribution in [3.05, 3.63) is 23.8 Å². The number of ether oxygens (including phenoxy) is 2. The molecule has 1 heterocycles. The van der Waals surface area contributed by atoms with E-state index < -0.39 is 0 Å². The molecule has 0 aliphatic carbocycles. The third-order valence-electron chi connectivity index (χ3n) is 3.70. The fourth-order valence-electron chi connectivity index (χ4n) is 2.25. The van der Waals surface area contributed by atoms with Gasteiger partial charge in [-0.15, -0.1) is 0 Å². The molecule has 0 radical (unpaired) electrons. The first-order valence-electron chi connectivity index (χ1n) is 7.10. The van der Waals surface area contributed by atoms with E-state index in [0.29, 0.717) is 18.0 Å². The Bertz CT molecular complexity index is 485. The van der Waals surface area contributed by atoms with Crippen LogP contribution in [0.4, 0.5) is 0 Å². The van der Waals surface area contributed by atoms with Crippen molar-refractivity contribution >= 4 is 5.91 Å². The lowest BCUT2D eigenvalue weighted by Gasteiger charge is -2.32. The van der Waals surface area contributed by atoms with Gasteiger partial charge >= 0.3 is 0 Å². The van der Waals surface area contributed by atoms with Gasteiger partial charge in [0.1, 0.15) is 11.5 Å². The second kappa shape index (κ2) is 7.28. The molecule has 0 unspecified atom stereocenters. The van der Waals surface area contributed by atoms with Crippen molar-refractivity contribution in [2.75, 3.05) is 46.9 Å². The predicted octanol–water partition coefficient (Wildman–Crippen LogP) is 0.307. The molecule has 116 valence electrons. The van der Waals surface area contributed by atoms with Crippen LogP contribution in [-0.4, -0.2) is 62.7 Å². The van der Waals surface area contributed by atoms with E-state index in [0.717, 1.165) is 31.7 Å². The molecule has 0 atom stereocenters. The van der Waals surface area contributed by atoms with Crippen LogP contribution >= 0.6 is 0 Å². The number of methoxy groups -OCH3 is 1. The van der Waals surface area contributed by atoms with Gasteiger partial charge in [0.05, 0.1) is 7.11 Å². The number of likely N-dealkylation sites (N-methyl/N-ethyl adjacent to an activating group) is 1. The Morgan fingerprint density at radius 1 is 1.29 bits per heavy atom. The molecule has 1 aliphatic heterocycles. The lowest BCUT2D eigenvalue weighted by atomic mass is 10.2. The molecule has 0 aromatic heterocycles. The summed E-state index contributed by atoms with van der Waals surface area (Å²) in [6.07, 6.45) is 0. The summed E-state index contributed by atoms with van der Waals surface area (Å²) in [6, 6.07) is 5.45. The number of benzene rings is 1. The molecule has 2 N–H and O–H groups in total. The van der Waals surface area contributed by atoms with Gasteiger partial charge < -0.3 is 25.0 Å². The van der Waals surface area contributed by atoms with E-state index in [2.05, 4.69) is 11.9 Å². The standard InChI is InChI=1S/C15H23N3O3/c1-17-5-7-18(8-6-17)15(19)11-21-14-9-13(20-2)4-3-12(14)10-16/h3-4,9H,5-8,10-11,16H2,1-2H3. The molecule has 1 aromatic carbocycles. The summed E-state index contributed by atoms with van der Waals surface area (Å²) in [5.41, 5.74) is 6.55. The predicted molar refractivity (Wildman–Crippen MR) is 80.5 cm³/mol. The first-order valence-corrected chi connectivity index (χ1v) is 7.10. The highest BCUT2D eigenvalue weighted by Crippen LogP contribution is 2.24. The number of nitrogens with zero attached hydrogens (tertiary/aromatic N) is 2. The lowest BCUT2D eigenvalue weighted by Crippen LogP contribution is -2.48. The zero-order valence-electron chi connectivity index (χ0n) is 12.7. The number of carbonyl (C=O) groups is 1. The molecular formula is C15H23N3O3. The summed E-state index contributed by atoms with van der Waals surface area (Å²) in [4.78, 5) is 16.2. The summed E-state index contributed by atoms with van der Waals surface area (Å²) >= 11 is 0. The monoisotopic (exact) mass is 293 g/mol. The highest BCUT2D eigenvalue weighted by atomic mass is 16.5. The van der Waals surface area contributed by atoms with Gasteiger partial charge in [-0.05, 0) is 13.1 Å². The van der Waals surface area contributed by atoms with Gasteiger partial charge in [0.25, 0.3) is 5.91 Å². The maximum Gasteiger partial charge on any atom is 0.260 e. The van der Waals surface area contributed by atoms with E-state index in [-0.39, 0.29) is 12.5 Å². The van der Waals surface area contributed by atoms with Gasteiger partial charge in [-0.3, -0.25) is 4.79 Å². The van der Waals surface area contributed by atoms with Crippen LogP contribution in [-0.2, 0) is 11.3 Å². The Labute approximate surface area is 125 Å². The van der Waals surface area contributed by atoms with Crippen LogP contribution in [0, 0.1) is 0 Å². The largest absolute Gasteiger partial charge is 0.497 e. The third-order valence-corrected chi connectivity index (χ3v) is 3.70. The van der Waals surface area contributed by atoms with Crippen molar-refractivity contribution in [3.8, 4) is 11.5 Å². The first kappa shape index (κ1) is 15.6. The molecule has 1 fully saturated rings. The van der Waals surface area contributed by atoms with E-state index in [4.69, 9.17) is 15.2 Å². The van der Waals surface area contributed by atoms with Gasteiger partial charge in [0, 0.05) is 44.4 Å². The van der Waals surface area contributed by atoms with E-state index in [9.17, 15) is 4.79 Å². The Morgan fingerprint density at radius 3 is 2.62 bits per heavy atom. The SMILES string of the molecule is COc1ccc(CN)c(OCC(=O)N2CCN(C)CC2)c1. The molecule has 0 saturated carbocycles. The Morgan fingerprint density at radius 2 is 2.00 bits per heavy atom. The summed E-state index contributed by atoms with van der Waals surface area (Å²) in [5, 5.41) is 0. The van der Waals surface area contributed by atoms with Gasteiger partial charge in [-0.2, -0.15) is 0 Å².